The van der Waals surface area contributed by atoms with Crippen molar-refractivity contribution >= 4 is 15.7 Å². The van der Waals surface area contributed by atoms with Crippen molar-refractivity contribution in [3.05, 3.63) is 23.8 Å². The summed E-state index contributed by atoms with van der Waals surface area (Å²) in [6.07, 6.45) is 2.86. The molecule has 5 heteroatoms. The van der Waals surface area contributed by atoms with Crippen LogP contribution < -0.4 is 10.5 Å². The maximum Gasteiger partial charge on any atom is 0.240 e. The molecule has 1 aromatic carbocycles. The molecule has 0 amide bonds. The molecule has 2 rings (SSSR count). The standard InChI is InChI=1S/C13H20N2O2S/c1-3-10-4-5-11(14)8-12(10)18(16,17)15-9-13(2)6-7-13/h4-5,8,15H,3,6-7,9,14H2,1-2H3. The fourth-order valence-electron chi connectivity index (χ4n) is 1.85. The van der Waals surface area contributed by atoms with Gasteiger partial charge in [0, 0.05) is 12.2 Å². The molecule has 0 atom stereocenters. The average Bonchev–Trinajstić information content (AvgIpc) is 3.06. The SMILES string of the molecule is CCc1ccc(N)cc1S(=O)(=O)NCC1(C)CC1. The van der Waals surface area contributed by atoms with Crippen molar-refractivity contribution in [1.29, 1.82) is 0 Å². The van der Waals surface area contributed by atoms with Crippen molar-refractivity contribution in [2.45, 2.75) is 38.0 Å². The Morgan fingerprint density at radius 1 is 1.39 bits per heavy atom. The molecular formula is C13H20N2O2S. The number of rotatable bonds is 5. The maximum absolute atomic E-state index is 12.3. The molecular weight excluding hydrogens is 248 g/mol. The first kappa shape index (κ1) is 13.4. The molecule has 0 spiro atoms. The van der Waals surface area contributed by atoms with E-state index in [1.807, 2.05) is 6.92 Å². The zero-order valence-corrected chi connectivity index (χ0v) is 11.7. The molecule has 100 valence electrons. The Balaban J connectivity index is 2.25. The normalized spacial score (nSPS) is 17.7. The van der Waals surface area contributed by atoms with Crippen molar-refractivity contribution in [2.75, 3.05) is 12.3 Å². The van der Waals surface area contributed by atoms with Crippen LogP contribution in [-0.4, -0.2) is 15.0 Å². The third kappa shape index (κ3) is 2.84. The van der Waals surface area contributed by atoms with E-state index < -0.39 is 10.0 Å². The summed E-state index contributed by atoms with van der Waals surface area (Å²) in [5, 5.41) is 0. The minimum Gasteiger partial charge on any atom is -0.399 e. The van der Waals surface area contributed by atoms with Gasteiger partial charge in [0.05, 0.1) is 4.90 Å². The Hall–Kier alpha value is -1.07. The molecule has 1 aromatic rings. The van der Waals surface area contributed by atoms with Crippen molar-refractivity contribution in [1.82, 2.24) is 4.72 Å². The fraction of sp³-hybridized carbons (Fsp3) is 0.538. The van der Waals surface area contributed by atoms with Gasteiger partial charge in [0.1, 0.15) is 0 Å². The molecule has 4 nitrogen and oxygen atoms in total. The molecule has 0 heterocycles. The molecule has 1 fully saturated rings. The lowest BCUT2D eigenvalue weighted by atomic mass is 10.1. The quantitative estimate of drug-likeness (QED) is 0.801. The van der Waals surface area contributed by atoms with Crippen LogP contribution in [-0.2, 0) is 16.4 Å². The Labute approximate surface area is 109 Å². The zero-order valence-electron chi connectivity index (χ0n) is 10.9. The summed E-state index contributed by atoms with van der Waals surface area (Å²) >= 11 is 0. The topological polar surface area (TPSA) is 72.2 Å². The van der Waals surface area contributed by atoms with Gasteiger partial charge in [0.15, 0.2) is 0 Å². The molecule has 3 N–H and O–H groups in total. The van der Waals surface area contributed by atoms with E-state index >= 15 is 0 Å². The summed E-state index contributed by atoms with van der Waals surface area (Å²) in [5.74, 6) is 0. The van der Waals surface area contributed by atoms with E-state index in [-0.39, 0.29) is 5.41 Å². The first-order valence-electron chi connectivity index (χ1n) is 6.24. The highest BCUT2D eigenvalue weighted by Gasteiger charge is 2.38. The van der Waals surface area contributed by atoms with Crippen LogP contribution in [0.4, 0.5) is 5.69 Å². The van der Waals surface area contributed by atoms with Gasteiger partial charge in [-0.05, 0) is 42.4 Å². The first-order valence-corrected chi connectivity index (χ1v) is 7.73. The molecule has 0 radical (unpaired) electrons. The lowest BCUT2D eigenvalue weighted by Crippen LogP contribution is -2.29. The fourth-order valence-corrected chi connectivity index (χ4v) is 3.39. The van der Waals surface area contributed by atoms with Crippen LogP contribution in [0.15, 0.2) is 23.1 Å². The minimum atomic E-state index is -3.45. The van der Waals surface area contributed by atoms with Gasteiger partial charge in [0.25, 0.3) is 0 Å². The zero-order chi connectivity index (χ0) is 13.4. The second-order valence-electron chi connectivity index (χ2n) is 5.36. The van der Waals surface area contributed by atoms with Crippen molar-refractivity contribution < 1.29 is 8.42 Å². The van der Waals surface area contributed by atoms with Crippen LogP contribution in [0.25, 0.3) is 0 Å². The van der Waals surface area contributed by atoms with Crippen LogP contribution in [0.2, 0.25) is 0 Å². The molecule has 0 bridgehead atoms. The number of nitrogen functional groups attached to an aromatic ring is 1. The van der Waals surface area contributed by atoms with Crippen molar-refractivity contribution in [3.8, 4) is 0 Å². The summed E-state index contributed by atoms with van der Waals surface area (Å²) in [6, 6.07) is 5.05. The van der Waals surface area contributed by atoms with Gasteiger partial charge in [-0.15, -0.1) is 0 Å². The van der Waals surface area contributed by atoms with Crippen LogP contribution >= 0.6 is 0 Å². The monoisotopic (exact) mass is 268 g/mol. The van der Waals surface area contributed by atoms with Crippen LogP contribution in [0.1, 0.15) is 32.3 Å². The summed E-state index contributed by atoms with van der Waals surface area (Å²) in [7, 11) is -3.45. The number of nitrogens with two attached hydrogens (primary N) is 1. The predicted octanol–water partition coefficient (Wildman–Crippen LogP) is 1.91. The highest BCUT2D eigenvalue weighted by atomic mass is 32.2. The van der Waals surface area contributed by atoms with Crippen molar-refractivity contribution in [2.24, 2.45) is 5.41 Å². The van der Waals surface area contributed by atoms with E-state index in [0.717, 1.165) is 18.4 Å². The lowest BCUT2D eigenvalue weighted by Gasteiger charge is -2.13. The third-order valence-electron chi connectivity index (χ3n) is 3.55. The summed E-state index contributed by atoms with van der Waals surface area (Å²) in [6.45, 7) is 4.54. The molecule has 1 aliphatic carbocycles. The number of benzene rings is 1. The number of anilines is 1. The number of hydrogen-bond donors (Lipinski definition) is 2. The number of nitrogens with one attached hydrogen (secondary N) is 1. The second kappa shape index (κ2) is 4.55. The molecule has 18 heavy (non-hydrogen) atoms. The number of aryl methyl sites for hydroxylation is 1. The van der Waals surface area contributed by atoms with Gasteiger partial charge in [-0.25, -0.2) is 13.1 Å². The van der Waals surface area contributed by atoms with Gasteiger partial charge < -0.3 is 5.73 Å². The summed E-state index contributed by atoms with van der Waals surface area (Å²) in [4.78, 5) is 0.314. The minimum absolute atomic E-state index is 0.153. The molecule has 0 saturated heterocycles. The van der Waals surface area contributed by atoms with Crippen molar-refractivity contribution in [3.63, 3.8) is 0 Å². The molecule has 0 unspecified atom stereocenters. The average molecular weight is 268 g/mol. The number of hydrogen-bond acceptors (Lipinski definition) is 3. The Bertz CT molecular complexity index is 548. The van der Waals surface area contributed by atoms with Crippen LogP contribution in [0, 0.1) is 5.41 Å². The van der Waals surface area contributed by atoms with Crippen LogP contribution in [0.3, 0.4) is 0 Å². The van der Waals surface area contributed by atoms with Gasteiger partial charge >= 0.3 is 0 Å². The second-order valence-corrected chi connectivity index (χ2v) is 7.09. The predicted molar refractivity (Wildman–Crippen MR) is 72.8 cm³/mol. The Morgan fingerprint density at radius 3 is 2.61 bits per heavy atom. The Morgan fingerprint density at radius 2 is 2.06 bits per heavy atom. The van der Waals surface area contributed by atoms with E-state index in [1.165, 1.54) is 6.07 Å². The van der Waals surface area contributed by atoms with Gasteiger partial charge in [-0.3, -0.25) is 0 Å². The largest absolute Gasteiger partial charge is 0.399 e. The highest BCUT2D eigenvalue weighted by molar-refractivity contribution is 7.89. The van der Waals surface area contributed by atoms with E-state index in [1.54, 1.807) is 12.1 Å². The van der Waals surface area contributed by atoms with E-state index in [9.17, 15) is 8.42 Å². The first-order chi connectivity index (χ1) is 8.36. The highest BCUT2D eigenvalue weighted by Crippen LogP contribution is 2.44. The maximum atomic E-state index is 12.3. The molecule has 1 saturated carbocycles. The van der Waals surface area contributed by atoms with E-state index in [0.29, 0.717) is 23.5 Å². The lowest BCUT2D eigenvalue weighted by molar-refractivity contribution is 0.530. The summed E-state index contributed by atoms with van der Waals surface area (Å²) in [5.41, 5.74) is 7.11. The van der Waals surface area contributed by atoms with Gasteiger partial charge in [-0.2, -0.15) is 0 Å². The van der Waals surface area contributed by atoms with E-state index in [4.69, 9.17) is 5.73 Å². The smallest absolute Gasteiger partial charge is 0.240 e. The van der Waals surface area contributed by atoms with E-state index in [2.05, 4.69) is 11.6 Å². The van der Waals surface area contributed by atoms with Crippen LogP contribution in [0.5, 0.6) is 0 Å². The summed E-state index contributed by atoms with van der Waals surface area (Å²) < 4.78 is 27.2. The third-order valence-corrected chi connectivity index (χ3v) is 5.04. The van der Waals surface area contributed by atoms with Gasteiger partial charge in [0.2, 0.25) is 10.0 Å². The molecule has 0 aromatic heterocycles. The molecule has 1 aliphatic rings. The van der Waals surface area contributed by atoms with Gasteiger partial charge in [-0.1, -0.05) is 19.9 Å². The number of sulfonamides is 1. The Kier molecular flexibility index (Phi) is 3.38. The molecule has 0 aliphatic heterocycles.